The van der Waals surface area contributed by atoms with Crippen LogP contribution in [0.25, 0.3) is 11.3 Å². The van der Waals surface area contributed by atoms with Gasteiger partial charge in [0.25, 0.3) is 0 Å². The predicted molar refractivity (Wildman–Crippen MR) is 150 cm³/mol. The standard InChI is InChI=1S/C14H12O4.C8H9BO4.C6H5BrO2/c1-9(15)12-6-7-13(18-12)10-4-3-5-11(8-10)14(16)17-2;1-13-8(10)6-3-2-4-7(5-6)9(11)12;1-4(8)5-2-3-6(7)9-5/h3-8H,1-2H3;2-5,11-12H,1H3;2-3H,1H3. The molecular formula is C28H26BBrO10. The molecule has 10 nitrogen and oxygen atoms in total. The monoisotopic (exact) mass is 612 g/mol. The minimum Gasteiger partial charge on any atom is -0.465 e. The maximum atomic E-state index is 11.4. The molecule has 0 aliphatic heterocycles. The Bertz CT molecular complexity index is 1470. The summed E-state index contributed by atoms with van der Waals surface area (Å²) < 4.78 is 20.0. The number of benzene rings is 2. The van der Waals surface area contributed by atoms with E-state index in [1.54, 1.807) is 54.6 Å². The normalized spacial score (nSPS) is 9.78. The van der Waals surface area contributed by atoms with Crippen molar-refractivity contribution in [2.24, 2.45) is 0 Å². The Labute approximate surface area is 238 Å². The first-order chi connectivity index (χ1) is 19.0. The van der Waals surface area contributed by atoms with Gasteiger partial charge in [0.2, 0.25) is 0 Å². The third-order valence-electron chi connectivity index (χ3n) is 5.05. The van der Waals surface area contributed by atoms with Crippen molar-refractivity contribution in [2.45, 2.75) is 13.8 Å². The molecule has 0 radical (unpaired) electrons. The maximum Gasteiger partial charge on any atom is 0.488 e. The summed E-state index contributed by atoms with van der Waals surface area (Å²) in [6, 6.07) is 19.5. The van der Waals surface area contributed by atoms with Crippen molar-refractivity contribution >= 4 is 52.0 Å². The number of rotatable bonds is 6. The molecule has 0 spiro atoms. The van der Waals surface area contributed by atoms with E-state index in [1.807, 2.05) is 0 Å². The Morgan fingerprint density at radius 2 is 1.25 bits per heavy atom. The molecule has 2 aromatic carbocycles. The highest BCUT2D eigenvalue weighted by molar-refractivity contribution is 9.10. The molecule has 0 atom stereocenters. The van der Waals surface area contributed by atoms with Crippen molar-refractivity contribution in [2.75, 3.05) is 14.2 Å². The summed E-state index contributed by atoms with van der Waals surface area (Å²) in [6.45, 7) is 2.90. The second kappa shape index (κ2) is 15.4. The van der Waals surface area contributed by atoms with Gasteiger partial charge in [-0.15, -0.1) is 0 Å². The minimum atomic E-state index is -1.57. The fourth-order valence-electron chi connectivity index (χ4n) is 3.05. The molecule has 0 bridgehead atoms. The molecule has 2 heterocycles. The van der Waals surface area contributed by atoms with Gasteiger partial charge in [-0.1, -0.05) is 24.3 Å². The van der Waals surface area contributed by atoms with Crippen LogP contribution in [0.3, 0.4) is 0 Å². The number of carbonyl (C=O) groups excluding carboxylic acids is 4. The van der Waals surface area contributed by atoms with E-state index in [9.17, 15) is 19.2 Å². The van der Waals surface area contributed by atoms with E-state index < -0.39 is 19.1 Å². The highest BCUT2D eigenvalue weighted by Crippen LogP contribution is 2.23. The number of hydrogen-bond donors (Lipinski definition) is 2. The van der Waals surface area contributed by atoms with Crippen molar-refractivity contribution in [1.82, 2.24) is 0 Å². The van der Waals surface area contributed by atoms with Crippen molar-refractivity contribution in [3.8, 4) is 11.3 Å². The quantitative estimate of drug-likeness (QED) is 0.183. The Morgan fingerprint density at radius 1 is 0.725 bits per heavy atom. The first kappa shape index (κ1) is 32.0. The molecule has 208 valence electrons. The summed E-state index contributed by atoms with van der Waals surface area (Å²) in [5.74, 6) is 0.144. The topological polar surface area (TPSA) is 153 Å². The van der Waals surface area contributed by atoms with Crippen LogP contribution in [0.1, 0.15) is 55.7 Å². The fourth-order valence-corrected chi connectivity index (χ4v) is 3.35. The Morgan fingerprint density at radius 3 is 1.70 bits per heavy atom. The van der Waals surface area contributed by atoms with Gasteiger partial charge in [0, 0.05) is 19.4 Å². The van der Waals surface area contributed by atoms with E-state index in [-0.39, 0.29) is 17.0 Å². The van der Waals surface area contributed by atoms with E-state index in [2.05, 4.69) is 25.4 Å². The summed E-state index contributed by atoms with van der Waals surface area (Å²) in [4.78, 5) is 44.1. The molecule has 0 fully saturated rings. The van der Waals surface area contributed by atoms with E-state index in [4.69, 9.17) is 18.9 Å². The lowest BCUT2D eigenvalue weighted by atomic mass is 9.80. The number of hydrogen-bond acceptors (Lipinski definition) is 10. The maximum absolute atomic E-state index is 11.4. The third kappa shape index (κ3) is 9.49. The fraction of sp³-hybridized carbons (Fsp3) is 0.143. The minimum absolute atomic E-state index is 0.0549. The number of carbonyl (C=O) groups is 4. The molecule has 4 aromatic rings. The van der Waals surface area contributed by atoms with Gasteiger partial charge in [0.15, 0.2) is 27.8 Å². The highest BCUT2D eigenvalue weighted by atomic mass is 79.9. The molecule has 4 rings (SSSR count). The summed E-state index contributed by atoms with van der Waals surface area (Å²) in [5, 5.41) is 17.6. The number of esters is 2. The number of halogens is 1. The first-order valence-electron chi connectivity index (χ1n) is 11.6. The molecule has 0 aliphatic rings. The summed E-state index contributed by atoms with van der Waals surface area (Å²) in [6.07, 6.45) is 0. The molecular weight excluding hydrogens is 587 g/mol. The van der Waals surface area contributed by atoms with Gasteiger partial charge >= 0.3 is 19.1 Å². The molecule has 12 heteroatoms. The van der Waals surface area contributed by atoms with Crippen LogP contribution in [0, 0.1) is 0 Å². The molecule has 2 N–H and O–H groups in total. The average Bonchev–Trinajstić information content (AvgIpc) is 3.63. The Hall–Kier alpha value is -4.26. The molecule has 0 amide bonds. The van der Waals surface area contributed by atoms with Crippen LogP contribution in [0.5, 0.6) is 0 Å². The van der Waals surface area contributed by atoms with Crippen LogP contribution in [-0.4, -0.2) is 54.9 Å². The Kier molecular flexibility index (Phi) is 12.3. The van der Waals surface area contributed by atoms with Gasteiger partial charge in [-0.05, 0) is 69.9 Å². The second-order valence-corrected chi connectivity index (χ2v) is 8.72. The van der Waals surface area contributed by atoms with Crippen LogP contribution < -0.4 is 5.46 Å². The lowest BCUT2D eigenvalue weighted by molar-refractivity contribution is 0.0592. The first-order valence-corrected chi connectivity index (χ1v) is 12.4. The number of ether oxygens (including phenoxy) is 2. The number of ketones is 2. The zero-order chi connectivity index (χ0) is 29.8. The zero-order valence-corrected chi connectivity index (χ0v) is 23.6. The SMILES string of the molecule is CC(=O)c1ccc(Br)o1.COC(=O)c1cccc(-c2ccc(C(C)=O)o2)c1.COC(=O)c1cccc(B(O)O)c1. The van der Waals surface area contributed by atoms with Gasteiger partial charge in [0.05, 0.1) is 25.3 Å². The molecule has 2 aromatic heterocycles. The second-order valence-electron chi connectivity index (χ2n) is 7.94. The highest BCUT2D eigenvalue weighted by Gasteiger charge is 2.13. The van der Waals surface area contributed by atoms with Gasteiger partial charge < -0.3 is 28.4 Å². The van der Waals surface area contributed by atoms with Crippen molar-refractivity contribution in [1.29, 1.82) is 0 Å². The van der Waals surface area contributed by atoms with E-state index in [0.29, 0.717) is 33.1 Å². The van der Waals surface area contributed by atoms with Crippen molar-refractivity contribution in [3.05, 3.63) is 100 Å². The smallest absolute Gasteiger partial charge is 0.465 e. The van der Waals surface area contributed by atoms with E-state index in [0.717, 1.165) is 5.56 Å². The molecule has 0 aliphatic carbocycles. The van der Waals surface area contributed by atoms with Crippen LogP contribution in [-0.2, 0) is 9.47 Å². The van der Waals surface area contributed by atoms with Crippen molar-refractivity contribution in [3.63, 3.8) is 0 Å². The van der Waals surface area contributed by atoms with Crippen LogP contribution in [0.15, 0.2) is 86.3 Å². The number of methoxy groups -OCH3 is 2. The van der Waals surface area contributed by atoms with Gasteiger partial charge in [0.1, 0.15) is 5.76 Å². The van der Waals surface area contributed by atoms with Gasteiger partial charge in [-0.3, -0.25) is 9.59 Å². The summed E-state index contributed by atoms with van der Waals surface area (Å²) in [5.41, 5.74) is 1.73. The zero-order valence-electron chi connectivity index (χ0n) is 22.0. The molecule has 0 saturated carbocycles. The Balaban J connectivity index is 0.000000224. The average molecular weight is 613 g/mol. The molecule has 0 unspecified atom stereocenters. The molecule has 40 heavy (non-hydrogen) atoms. The van der Waals surface area contributed by atoms with Crippen LogP contribution in [0.4, 0.5) is 0 Å². The summed E-state index contributed by atoms with van der Waals surface area (Å²) >= 11 is 3.08. The number of Topliss-reactive ketones (excluding diaryl/α,β-unsaturated/α-hetero) is 2. The third-order valence-corrected chi connectivity index (χ3v) is 5.47. The lowest BCUT2D eigenvalue weighted by Gasteiger charge is -2.02. The largest absolute Gasteiger partial charge is 0.488 e. The van der Waals surface area contributed by atoms with Gasteiger partial charge in [-0.2, -0.15) is 0 Å². The summed E-state index contributed by atoms with van der Waals surface area (Å²) in [7, 11) is 1.03. The molecule has 0 saturated heterocycles. The van der Waals surface area contributed by atoms with Crippen LogP contribution in [0.2, 0.25) is 0 Å². The van der Waals surface area contributed by atoms with Crippen LogP contribution >= 0.6 is 15.9 Å². The predicted octanol–water partition coefficient (Wildman–Crippen LogP) is 4.33. The van der Waals surface area contributed by atoms with E-state index in [1.165, 1.54) is 46.3 Å². The van der Waals surface area contributed by atoms with E-state index >= 15 is 0 Å². The number of furan rings is 2. The van der Waals surface area contributed by atoms with Crippen molar-refractivity contribution < 1.29 is 47.5 Å². The lowest BCUT2D eigenvalue weighted by Crippen LogP contribution is -2.30. The van der Waals surface area contributed by atoms with Gasteiger partial charge in [-0.25, -0.2) is 9.59 Å².